The number of carbonyl (C=O) groups excluding carboxylic acids is 1. The van der Waals surface area contributed by atoms with E-state index in [-0.39, 0.29) is 5.91 Å². The summed E-state index contributed by atoms with van der Waals surface area (Å²) in [6, 6.07) is 5.50. The minimum atomic E-state index is -0.0462. The number of nitrogens with one attached hydrogen (secondary N) is 2. The normalized spacial score (nSPS) is 15.2. The van der Waals surface area contributed by atoms with Crippen molar-refractivity contribution in [1.29, 1.82) is 0 Å². The molecule has 4 nitrogen and oxygen atoms in total. The fraction of sp³-hybridized carbons (Fsp3) is 0.125. The van der Waals surface area contributed by atoms with E-state index in [2.05, 4.69) is 26.9 Å². The lowest BCUT2D eigenvalue weighted by atomic mass is 10.1. The number of anilines is 1. The van der Waals surface area contributed by atoms with Crippen LogP contribution in [0.3, 0.4) is 0 Å². The molecule has 0 spiro atoms. The van der Waals surface area contributed by atoms with Crippen molar-refractivity contribution in [2.45, 2.75) is 0 Å². The third-order valence-electron chi connectivity index (χ3n) is 1.90. The zero-order chi connectivity index (χ0) is 9.42. The molecule has 0 aliphatic carbocycles. The number of para-hydroxylation sites is 1. The third kappa shape index (κ3) is 1.30. The second kappa shape index (κ2) is 3.01. The Balaban J connectivity index is 2.55. The molecule has 1 aliphatic rings. The van der Waals surface area contributed by atoms with Crippen molar-refractivity contribution in [2.75, 3.05) is 12.5 Å². The van der Waals surface area contributed by atoms with Gasteiger partial charge in [0, 0.05) is 11.5 Å². The summed E-state index contributed by atoms with van der Waals surface area (Å²) in [4.78, 5) is 11.6. The molecule has 0 fully saturated rings. The summed E-state index contributed by atoms with van der Waals surface area (Å²) in [7, 11) is 1.67. The van der Waals surface area contributed by atoms with E-state index in [1.54, 1.807) is 13.1 Å². The maximum absolute atomic E-state index is 11.6. The molecular weight excluding hydrogens is 234 g/mol. The molecular formula is C8H8BrN3O. The maximum Gasteiger partial charge on any atom is 0.271 e. The van der Waals surface area contributed by atoms with Crippen molar-refractivity contribution in [3.63, 3.8) is 0 Å². The molecule has 1 aliphatic heterocycles. The molecule has 5 heteroatoms. The van der Waals surface area contributed by atoms with Crippen LogP contribution < -0.4 is 11.0 Å². The molecule has 1 amide bonds. The Morgan fingerprint density at radius 3 is 3.00 bits per heavy atom. The van der Waals surface area contributed by atoms with Gasteiger partial charge in [0.1, 0.15) is 0 Å². The predicted octanol–water partition coefficient (Wildman–Crippen LogP) is 1.37. The van der Waals surface area contributed by atoms with Crippen molar-refractivity contribution < 1.29 is 4.79 Å². The van der Waals surface area contributed by atoms with E-state index in [9.17, 15) is 4.79 Å². The van der Waals surface area contributed by atoms with Crippen molar-refractivity contribution >= 4 is 27.5 Å². The molecule has 0 aromatic heterocycles. The molecule has 13 heavy (non-hydrogen) atoms. The summed E-state index contributed by atoms with van der Waals surface area (Å²) >= 11 is 3.36. The van der Waals surface area contributed by atoms with Crippen LogP contribution in [0.5, 0.6) is 0 Å². The first-order valence-electron chi connectivity index (χ1n) is 3.78. The molecule has 2 rings (SSSR count). The van der Waals surface area contributed by atoms with Gasteiger partial charge in [-0.3, -0.25) is 9.80 Å². The minimum Gasteiger partial charge on any atom is -0.302 e. The number of hydrogen-bond donors (Lipinski definition) is 2. The van der Waals surface area contributed by atoms with Crippen LogP contribution in [-0.4, -0.2) is 18.0 Å². The first-order chi connectivity index (χ1) is 6.20. The van der Waals surface area contributed by atoms with E-state index in [0.29, 0.717) is 5.56 Å². The number of benzene rings is 1. The van der Waals surface area contributed by atoms with E-state index >= 15 is 0 Å². The average Bonchev–Trinajstić information content (AvgIpc) is 2.12. The summed E-state index contributed by atoms with van der Waals surface area (Å²) in [5.41, 5.74) is 7.10. The van der Waals surface area contributed by atoms with Crippen LogP contribution in [0.1, 0.15) is 10.4 Å². The summed E-state index contributed by atoms with van der Waals surface area (Å²) in [5, 5.41) is 1.40. The van der Waals surface area contributed by atoms with Gasteiger partial charge >= 0.3 is 0 Å². The van der Waals surface area contributed by atoms with Crippen molar-refractivity contribution in [1.82, 2.24) is 10.5 Å². The third-order valence-corrected chi connectivity index (χ3v) is 2.56. The van der Waals surface area contributed by atoms with E-state index in [0.717, 1.165) is 10.2 Å². The van der Waals surface area contributed by atoms with Gasteiger partial charge in [-0.2, -0.15) is 0 Å². The summed E-state index contributed by atoms with van der Waals surface area (Å²) in [5.74, 6) is -0.0462. The molecule has 1 heterocycles. The van der Waals surface area contributed by atoms with Gasteiger partial charge in [0.25, 0.3) is 5.91 Å². The van der Waals surface area contributed by atoms with E-state index < -0.39 is 0 Å². The fourth-order valence-corrected chi connectivity index (χ4v) is 1.67. The number of fused-ring (bicyclic) bond motifs is 1. The number of halogens is 1. The number of hydrogen-bond acceptors (Lipinski definition) is 3. The van der Waals surface area contributed by atoms with Crippen LogP contribution in [0.2, 0.25) is 0 Å². The first-order valence-corrected chi connectivity index (χ1v) is 4.57. The second-order valence-electron chi connectivity index (χ2n) is 2.76. The van der Waals surface area contributed by atoms with Crippen molar-refractivity contribution in [3.8, 4) is 0 Å². The molecule has 1 aromatic rings. The average molecular weight is 242 g/mol. The summed E-state index contributed by atoms with van der Waals surface area (Å²) < 4.78 is 0.874. The lowest BCUT2D eigenvalue weighted by Crippen LogP contribution is -2.47. The lowest BCUT2D eigenvalue weighted by molar-refractivity contribution is 0.0720. The van der Waals surface area contributed by atoms with Crippen LogP contribution >= 0.6 is 15.9 Å². The molecule has 68 valence electrons. The van der Waals surface area contributed by atoms with Gasteiger partial charge in [-0.15, -0.1) is 5.53 Å². The summed E-state index contributed by atoms with van der Waals surface area (Å²) in [6.07, 6.45) is 0. The Hall–Kier alpha value is -1.07. The molecule has 2 N–H and O–H groups in total. The van der Waals surface area contributed by atoms with Crippen molar-refractivity contribution in [3.05, 3.63) is 28.2 Å². The highest BCUT2D eigenvalue weighted by Crippen LogP contribution is 2.28. The van der Waals surface area contributed by atoms with E-state index in [4.69, 9.17) is 0 Å². The SMILES string of the molecule is CN1NNc2c(Br)cccc2C1=O. The molecule has 0 saturated heterocycles. The van der Waals surface area contributed by atoms with Crippen molar-refractivity contribution in [2.24, 2.45) is 0 Å². The smallest absolute Gasteiger partial charge is 0.271 e. The molecule has 0 bridgehead atoms. The fourth-order valence-electron chi connectivity index (χ4n) is 1.20. The second-order valence-corrected chi connectivity index (χ2v) is 3.62. The Bertz CT molecular complexity index is 366. The highest BCUT2D eigenvalue weighted by Gasteiger charge is 2.21. The lowest BCUT2D eigenvalue weighted by Gasteiger charge is -2.27. The number of nitrogens with zero attached hydrogens (tertiary/aromatic N) is 1. The highest BCUT2D eigenvalue weighted by atomic mass is 79.9. The van der Waals surface area contributed by atoms with E-state index in [1.165, 1.54) is 5.01 Å². The standard InChI is InChI=1S/C8H8BrN3O/c1-12-8(13)5-3-2-4-6(9)7(5)10-11-12/h2-4,10-11H,1H3. The molecule has 1 aromatic carbocycles. The molecule has 0 radical (unpaired) electrons. The van der Waals surface area contributed by atoms with Crippen LogP contribution in [-0.2, 0) is 0 Å². The largest absolute Gasteiger partial charge is 0.302 e. The van der Waals surface area contributed by atoms with Gasteiger partial charge in [-0.05, 0) is 28.1 Å². The molecule has 0 atom stereocenters. The van der Waals surface area contributed by atoms with Crippen LogP contribution in [0, 0.1) is 0 Å². The quantitative estimate of drug-likeness (QED) is 0.722. The Labute approximate surface area is 84.0 Å². The first kappa shape index (κ1) is 8.52. The minimum absolute atomic E-state index is 0.0462. The maximum atomic E-state index is 11.6. The Morgan fingerprint density at radius 1 is 1.46 bits per heavy atom. The van der Waals surface area contributed by atoms with Gasteiger partial charge in [-0.1, -0.05) is 6.07 Å². The zero-order valence-corrected chi connectivity index (χ0v) is 8.55. The van der Waals surface area contributed by atoms with Gasteiger partial charge in [0.2, 0.25) is 0 Å². The summed E-state index contributed by atoms with van der Waals surface area (Å²) in [6.45, 7) is 0. The zero-order valence-electron chi connectivity index (χ0n) is 6.97. The highest BCUT2D eigenvalue weighted by molar-refractivity contribution is 9.10. The Kier molecular flexibility index (Phi) is 1.97. The van der Waals surface area contributed by atoms with Crippen LogP contribution in [0.4, 0.5) is 5.69 Å². The monoisotopic (exact) mass is 241 g/mol. The Morgan fingerprint density at radius 2 is 2.23 bits per heavy atom. The van der Waals surface area contributed by atoms with Crippen LogP contribution in [0.25, 0.3) is 0 Å². The molecule has 0 saturated carbocycles. The van der Waals surface area contributed by atoms with E-state index in [1.807, 2.05) is 12.1 Å². The number of hydrazine groups is 2. The molecule has 0 unspecified atom stereocenters. The number of amides is 1. The van der Waals surface area contributed by atoms with Gasteiger partial charge in [0.15, 0.2) is 0 Å². The number of carbonyl (C=O) groups is 1. The van der Waals surface area contributed by atoms with Gasteiger partial charge in [-0.25, -0.2) is 0 Å². The van der Waals surface area contributed by atoms with Gasteiger partial charge < -0.3 is 5.43 Å². The van der Waals surface area contributed by atoms with Crippen LogP contribution in [0.15, 0.2) is 22.7 Å². The predicted molar refractivity (Wildman–Crippen MR) is 53.0 cm³/mol. The topological polar surface area (TPSA) is 44.4 Å². The number of rotatable bonds is 0. The van der Waals surface area contributed by atoms with Gasteiger partial charge in [0.05, 0.1) is 11.3 Å².